The zero-order valence-corrected chi connectivity index (χ0v) is 18.4. The average Bonchev–Trinajstić information content (AvgIpc) is 2.79. The number of carbonyl (C=O) groups is 1. The van der Waals surface area contributed by atoms with Crippen molar-refractivity contribution in [2.24, 2.45) is 5.92 Å². The summed E-state index contributed by atoms with van der Waals surface area (Å²) >= 11 is 0. The molecule has 1 amide bonds. The first-order chi connectivity index (χ1) is 15.3. The molecule has 1 aromatic carbocycles. The van der Waals surface area contributed by atoms with E-state index in [4.69, 9.17) is 4.98 Å². The van der Waals surface area contributed by atoms with Crippen molar-refractivity contribution in [3.8, 4) is 0 Å². The highest BCUT2D eigenvalue weighted by Gasteiger charge is 2.32. The van der Waals surface area contributed by atoms with Gasteiger partial charge in [-0.05, 0) is 75.6 Å². The lowest BCUT2D eigenvalue weighted by Gasteiger charge is -2.37. The van der Waals surface area contributed by atoms with Crippen molar-refractivity contribution in [1.82, 2.24) is 14.8 Å². The van der Waals surface area contributed by atoms with E-state index in [1.54, 1.807) is 0 Å². The number of rotatable bonds is 4. The summed E-state index contributed by atoms with van der Waals surface area (Å²) in [5, 5.41) is 0. The van der Waals surface area contributed by atoms with Crippen molar-refractivity contribution in [3.63, 3.8) is 0 Å². The van der Waals surface area contributed by atoms with Crippen LogP contribution in [0.1, 0.15) is 54.1 Å². The van der Waals surface area contributed by atoms with E-state index in [2.05, 4.69) is 11.9 Å². The van der Waals surface area contributed by atoms with Gasteiger partial charge in [0.25, 0.3) is 0 Å². The van der Waals surface area contributed by atoms with Gasteiger partial charge in [-0.15, -0.1) is 0 Å². The fraction of sp³-hybridized carbons (Fsp3) is 0.520. The lowest BCUT2D eigenvalue weighted by molar-refractivity contribution is -0.138. The van der Waals surface area contributed by atoms with Crippen molar-refractivity contribution in [3.05, 3.63) is 65.0 Å². The largest absolute Gasteiger partial charge is 0.416 e. The summed E-state index contributed by atoms with van der Waals surface area (Å²) in [6.45, 7) is 3.46. The van der Waals surface area contributed by atoms with Crippen molar-refractivity contribution in [2.45, 2.75) is 44.2 Å². The molecular formula is C25H30F3N3O. The lowest BCUT2D eigenvalue weighted by atomic mass is 9.90. The van der Waals surface area contributed by atoms with Crippen molar-refractivity contribution in [1.29, 1.82) is 0 Å². The second kappa shape index (κ2) is 9.61. The van der Waals surface area contributed by atoms with Gasteiger partial charge in [0, 0.05) is 42.7 Å². The Kier molecular flexibility index (Phi) is 6.84. The predicted octanol–water partition coefficient (Wildman–Crippen LogP) is 4.74. The van der Waals surface area contributed by atoms with E-state index < -0.39 is 11.7 Å². The topological polar surface area (TPSA) is 36.4 Å². The van der Waals surface area contributed by atoms with Crippen molar-refractivity contribution < 1.29 is 18.0 Å². The Morgan fingerprint density at radius 2 is 1.75 bits per heavy atom. The van der Waals surface area contributed by atoms with Gasteiger partial charge in [-0.25, -0.2) is 0 Å². The smallest absolute Gasteiger partial charge is 0.342 e. The third kappa shape index (κ3) is 5.49. The molecule has 4 nitrogen and oxygen atoms in total. The van der Waals surface area contributed by atoms with Gasteiger partial charge in [-0.1, -0.05) is 18.2 Å². The minimum atomic E-state index is -4.32. The maximum absolute atomic E-state index is 13.0. The highest BCUT2D eigenvalue weighted by Crippen LogP contribution is 2.30. The van der Waals surface area contributed by atoms with E-state index in [0.717, 1.165) is 74.4 Å². The molecule has 172 valence electrons. The normalized spacial score (nSPS) is 21.0. The van der Waals surface area contributed by atoms with Crippen LogP contribution in [0, 0.1) is 5.92 Å². The number of hydrogen-bond acceptors (Lipinski definition) is 3. The minimum absolute atomic E-state index is 0.129. The molecule has 4 rings (SSSR count). The molecule has 2 saturated heterocycles. The van der Waals surface area contributed by atoms with Crippen LogP contribution in [0.3, 0.4) is 0 Å². The molecule has 2 aromatic rings. The summed E-state index contributed by atoms with van der Waals surface area (Å²) < 4.78 is 38.4. The Morgan fingerprint density at radius 1 is 1.03 bits per heavy atom. The number of halogens is 3. The molecule has 0 N–H and O–H groups in total. The Balaban J connectivity index is 1.40. The van der Waals surface area contributed by atoms with Crippen LogP contribution < -0.4 is 0 Å². The van der Waals surface area contributed by atoms with Crippen molar-refractivity contribution in [2.75, 3.05) is 33.2 Å². The number of alkyl halides is 3. The van der Waals surface area contributed by atoms with Crippen LogP contribution >= 0.6 is 0 Å². The number of nitrogens with zero attached hydrogens (tertiary/aromatic N) is 3. The maximum atomic E-state index is 13.0. The minimum Gasteiger partial charge on any atom is -0.342 e. The second-order valence-corrected chi connectivity index (χ2v) is 9.13. The van der Waals surface area contributed by atoms with E-state index in [1.807, 2.05) is 23.1 Å². The molecule has 2 aliphatic rings. The van der Waals surface area contributed by atoms with E-state index in [0.29, 0.717) is 13.0 Å². The molecule has 0 aliphatic carbocycles. The standard InChI is InChI=1S/C25H30F3N3O/c1-30-14-11-19(12-15-30)24(32)31-13-3-4-20(17-31)23-6-2-5-22(29-23)16-18-7-9-21(10-8-18)25(26,27)28/h2,5-10,19-20H,3-4,11-17H2,1H3/t20-/m0/s1. The zero-order chi connectivity index (χ0) is 22.7. The molecule has 7 heteroatoms. The van der Waals surface area contributed by atoms with E-state index in [9.17, 15) is 18.0 Å². The molecule has 32 heavy (non-hydrogen) atoms. The van der Waals surface area contributed by atoms with Gasteiger partial charge < -0.3 is 9.80 Å². The van der Waals surface area contributed by atoms with Gasteiger partial charge in [0.1, 0.15) is 0 Å². The van der Waals surface area contributed by atoms with Crippen LogP contribution in [0.4, 0.5) is 13.2 Å². The predicted molar refractivity (Wildman–Crippen MR) is 117 cm³/mol. The zero-order valence-electron chi connectivity index (χ0n) is 18.4. The summed E-state index contributed by atoms with van der Waals surface area (Å²) in [6, 6.07) is 11.1. The number of amides is 1. The molecule has 0 bridgehead atoms. The van der Waals surface area contributed by atoms with Gasteiger partial charge >= 0.3 is 6.18 Å². The number of carbonyl (C=O) groups excluding carboxylic acids is 1. The quantitative estimate of drug-likeness (QED) is 0.682. The summed E-state index contributed by atoms with van der Waals surface area (Å²) in [6.07, 6.45) is -0.0258. The van der Waals surface area contributed by atoms with Crippen molar-refractivity contribution >= 4 is 5.91 Å². The SMILES string of the molecule is CN1CCC(C(=O)N2CCC[C@H](c3cccc(Cc4ccc(C(F)(F)F)cc4)n3)C2)CC1. The molecule has 1 aromatic heterocycles. The molecule has 3 heterocycles. The van der Waals surface area contributed by atoms with Crippen LogP contribution in [0.5, 0.6) is 0 Å². The number of piperidine rings is 2. The van der Waals surface area contributed by atoms with Crippen LogP contribution in [0.2, 0.25) is 0 Å². The number of benzene rings is 1. The van der Waals surface area contributed by atoms with Gasteiger partial charge in [-0.3, -0.25) is 9.78 Å². The first-order valence-corrected chi connectivity index (χ1v) is 11.4. The van der Waals surface area contributed by atoms with Gasteiger partial charge in [0.2, 0.25) is 5.91 Å². The fourth-order valence-corrected chi connectivity index (χ4v) is 4.78. The van der Waals surface area contributed by atoms with Crippen LogP contribution in [0.25, 0.3) is 0 Å². The third-order valence-electron chi connectivity index (χ3n) is 6.71. The molecular weight excluding hydrogens is 415 g/mol. The highest BCUT2D eigenvalue weighted by atomic mass is 19.4. The summed E-state index contributed by atoms with van der Waals surface area (Å²) in [5.41, 5.74) is 1.96. The fourth-order valence-electron chi connectivity index (χ4n) is 4.78. The molecule has 2 aliphatic heterocycles. The Labute approximate surface area is 187 Å². The van der Waals surface area contributed by atoms with Gasteiger partial charge in [0.05, 0.1) is 5.56 Å². The summed E-state index contributed by atoms with van der Waals surface area (Å²) in [7, 11) is 2.10. The van der Waals surface area contributed by atoms with Gasteiger partial charge in [0.15, 0.2) is 0 Å². The third-order valence-corrected chi connectivity index (χ3v) is 6.71. The van der Waals surface area contributed by atoms with Gasteiger partial charge in [-0.2, -0.15) is 13.2 Å². The Hall–Kier alpha value is -2.41. The molecule has 0 radical (unpaired) electrons. The molecule has 0 unspecified atom stereocenters. The number of likely N-dealkylation sites (tertiary alicyclic amines) is 2. The second-order valence-electron chi connectivity index (χ2n) is 9.13. The summed E-state index contributed by atoms with van der Waals surface area (Å²) in [4.78, 5) is 22.2. The number of aromatic nitrogens is 1. The highest BCUT2D eigenvalue weighted by molar-refractivity contribution is 5.79. The monoisotopic (exact) mass is 445 g/mol. The molecule has 1 atom stereocenters. The first-order valence-electron chi connectivity index (χ1n) is 11.4. The Bertz CT molecular complexity index is 921. The lowest BCUT2D eigenvalue weighted by Crippen LogP contribution is -2.45. The van der Waals surface area contributed by atoms with E-state index in [-0.39, 0.29) is 17.7 Å². The molecule has 0 saturated carbocycles. The maximum Gasteiger partial charge on any atom is 0.416 e. The van der Waals surface area contributed by atoms with E-state index in [1.165, 1.54) is 12.1 Å². The number of hydrogen-bond donors (Lipinski definition) is 0. The van der Waals surface area contributed by atoms with Crippen LogP contribution in [-0.2, 0) is 17.4 Å². The van der Waals surface area contributed by atoms with Crippen LogP contribution in [-0.4, -0.2) is 53.9 Å². The number of pyridine rings is 1. The average molecular weight is 446 g/mol. The molecule has 0 spiro atoms. The van der Waals surface area contributed by atoms with Crippen LogP contribution in [0.15, 0.2) is 42.5 Å². The first kappa shape index (κ1) is 22.8. The Morgan fingerprint density at radius 3 is 2.44 bits per heavy atom. The molecule has 2 fully saturated rings. The van der Waals surface area contributed by atoms with E-state index >= 15 is 0 Å². The summed E-state index contributed by atoms with van der Waals surface area (Å²) in [5.74, 6) is 0.610.